The zero-order valence-electron chi connectivity index (χ0n) is 16.6. The van der Waals surface area contributed by atoms with Gasteiger partial charge in [0.25, 0.3) is 5.91 Å². The number of aryl methyl sites for hydroxylation is 2. The molecule has 162 valence electrons. The first kappa shape index (κ1) is 22.6. The Morgan fingerprint density at radius 2 is 1.97 bits per heavy atom. The van der Waals surface area contributed by atoms with Gasteiger partial charge in [0.15, 0.2) is 10.9 Å². The fourth-order valence-corrected chi connectivity index (χ4v) is 4.43. The molecular formula is C20H22ClF2N3O3S. The van der Waals surface area contributed by atoms with Gasteiger partial charge in [-0.05, 0) is 26.0 Å². The first-order valence-electron chi connectivity index (χ1n) is 9.37. The Morgan fingerprint density at radius 3 is 2.63 bits per heavy atom. The minimum atomic E-state index is -0.738. The molecule has 4 rings (SSSR count). The van der Waals surface area contributed by atoms with Crippen molar-refractivity contribution in [3.8, 4) is 0 Å². The summed E-state index contributed by atoms with van der Waals surface area (Å²) in [4.78, 5) is 21.3. The third kappa shape index (κ3) is 4.64. The number of fused-ring (bicyclic) bond motifs is 1. The second kappa shape index (κ2) is 9.38. The fraction of sp³-hybridized carbons (Fsp3) is 0.400. The molecule has 0 saturated carbocycles. The fourth-order valence-electron chi connectivity index (χ4n) is 3.40. The van der Waals surface area contributed by atoms with Crippen molar-refractivity contribution in [1.29, 1.82) is 0 Å². The van der Waals surface area contributed by atoms with Crippen molar-refractivity contribution < 1.29 is 22.7 Å². The largest absolute Gasteiger partial charge is 0.466 e. The topological polar surface area (TPSA) is 58.8 Å². The number of benzene rings is 1. The van der Waals surface area contributed by atoms with Crippen molar-refractivity contribution >= 4 is 45.0 Å². The monoisotopic (exact) mass is 457 g/mol. The normalized spacial score (nSPS) is 14.7. The molecule has 2 aromatic heterocycles. The molecule has 3 heterocycles. The predicted octanol–water partition coefficient (Wildman–Crippen LogP) is 4.19. The van der Waals surface area contributed by atoms with E-state index in [1.807, 2.05) is 0 Å². The van der Waals surface area contributed by atoms with Crippen LogP contribution in [0.2, 0.25) is 0 Å². The van der Waals surface area contributed by atoms with E-state index in [1.165, 1.54) is 11.0 Å². The Bertz CT molecular complexity index is 1050. The van der Waals surface area contributed by atoms with Gasteiger partial charge in [-0.2, -0.15) is 0 Å². The van der Waals surface area contributed by atoms with E-state index in [0.717, 1.165) is 30.5 Å². The molecule has 1 saturated heterocycles. The molecule has 6 nitrogen and oxygen atoms in total. The number of carbonyl (C=O) groups is 1. The van der Waals surface area contributed by atoms with Crippen LogP contribution < -0.4 is 4.90 Å². The number of hydrogen-bond acceptors (Lipinski definition) is 6. The smallest absolute Gasteiger partial charge is 0.263 e. The SMILES string of the molecule is Cc1cc(C(=O)N(CCN2CCOCC2)c2nc3c(F)cc(F)cc3s2)c(C)o1.Cl. The van der Waals surface area contributed by atoms with Crippen LogP contribution in [0, 0.1) is 25.5 Å². The number of ether oxygens (including phenoxy) is 1. The zero-order valence-corrected chi connectivity index (χ0v) is 18.2. The number of halogens is 3. The Morgan fingerprint density at radius 1 is 1.23 bits per heavy atom. The molecule has 3 aromatic rings. The second-order valence-electron chi connectivity index (χ2n) is 6.97. The lowest BCUT2D eigenvalue weighted by Crippen LogP contribution is -2.43. The van der Waals surface area contributed by atoms with Crippen LogP contribution in [0.5, 0.6) is 0 Å². The van der Waals surface area contributed by atoms with Crippen LogP contribution in [0.25, 0.3) is 10.2 Å². The van der Waals surface area contributed by atoms with E-state index in [-0.39, 0.29) is 23.8 Å². The van der Waals surface area contributed by atoms with Gasteiger partial charge in [0.2, 0.25) is 0 Å². The molecule has 0 radical (unpaired) electrons. The molecule has 0 unspecified atom stereocenters. The number of amides is 1. The highest BCUT2D eigenvalue weighted by atomic mass is 35.5. The summed E-state index contributed by atoms with van der Waals surface area (Å²) in [5.41, 5.74) is 0.506. The van der Waals surface area contributed by atoms with Gasteiger partial charge in [-0.1, -0.05) is 11.3 Å². The van der Waals surface area contributed by atoms with E-state index >= 15 is 0 Å². The van der Waals surface area contributed by atoms with E-state index in [1.54, 1.807) is 19.9 Å². The third-order valence-electron chi connectivity index (χ3n) is 4.89. The van der Waals surface area contributed by atoms with Crippen molar-refractivity contribution in [3.63, 3.8) is 0 Å². The highest BCUT2D eigenvalue weighted by molar-refractivity contribution is 7.22. The summed E-state index contributed by atoms with van der Waals surface area (Å²) in [7, 11) is 0. The number of carbonyl (C=O) groups excluding carboxylic acids is 1. The Balaban J connectivity index is 0.00000256. The molecule has 1 fully saturated rings. The van der Waals surface area contributed by atoms with Crippen LogP contribution in [0.1, 0.15) is 21.9 Å². The van der Waals surface area contributed by atoms with E-state index < -0.39 is 11.6 Å². The number of thiazole rings is 1. The average molecular weight is 458 g/mol. The first-order chi connectivity index (χ1) is 13.9. The van der Waals surface area contributed by atoms with Crippen molar-refractivity contribution in [2.45, 2.75) is 13.8 Å². The first-order valence-corrected chi connectivity index (χ1v) is 10.2. The van der Waals surface area contributed by atoms with Crippen LogP contribution in [0.15, 0.2) is 22.6 Å². The molecule has 0 N–H and O–H groups in total. The maximum absolute atomic E-state index is 14.2. The quantitative estimate of drug-likeness (QED) is 0.575. The lowest BCUT2D eigenvalue weighted by atomic mass is 10.2. The molecule has 0 atom stereocenters. The van der Waals surface area contributed by atoms with Crippen LogP contribution >= 0.6 is 23.7 Å². The number of morpholine rings is 1. The number of anilines is 1. The standard InChI is InChI=1S/C20H21F2N3O3S.ClH/c1-12-9-15(13(2)28-12)19(26)25(4-3-24-5-7-27-8-6-24)20-23-18-16(22)10-14(21)11-17(18)29-20;/h9-11H,3-8H2,1-2H3;1H. The van der Waals surface area contributed by atoms with Gasteiger partial charge in [-0.3, -0.25) is 14.6 Å². The maximum atomic E-state index is 14.2. The van der Waals surface area contributed by atoms with Crippen LogP contribution in [0.4, 0.5) is 13.9 Å². The van der Waals surface area contributed by atoms with E-state index in [2.05, 4.69) is 9.88 Å². The summed E-state index contributed by atoms with van der Waals surface area (Å²) in [6.45, 7) is 7.37. The molecule has 1 aliphatic heterocycles. The Hall–Kier alpha value is -2.07. The number of hydrogen-bond donors (Lipinski definition) is 0. The van der Waals surface area contributed by atoms with Gasteiger partial charge in [-0.15, -0.1) is 12.4 Å². The van der Waals surface area contributed by atoms with Crippen molar-refractivity contribution in [1.82, 2.24) is 9.88 Å². The number of furan rings is 1. The van der Waals surface area contributed by atoms with Crippen molar-refractivity contribution in [2.75, 3.05) is 44.3 Å². The minimum Gasteiger partial charge on any atom is -0.466 e. The summed E-state index contributed by atoms with van der Waals surface area (Å²) in [6.07, 6.45) is 0. The van der Waals surface area contributed by atoms with Gasteiger partial charge in [-0.25, -0.2) is 13.8 Å². The van der Waals surface area contributed by atoms with Crippen molar-refractivity contribution in [3.05, 3.63) is 46.9 Å². The lowest BCUT2D eigenvalue weighted by Gasteiger charge is -2.29. The number of nitrogens with zero attached hydrogens (tertiary/aromatic N) is 3. The van der Waals surface area contributed by atoms with Crippen LogP contribution in [0.3, 0.4) is 0 Å². The summed E-state index contributed by atoms with van der Waals surface area (Å²) >= 11 is 1.10. The predicted molar refractivity (Wildman–Crippen MR) is 114 cm³/mol. The minimum absolute atomic E-state index is 0. The summed E-state index contributed by atoms with van der Waals surface area (Å²) in [5.74, 6) is -0.526. The third-order valence-corrected chi connectivity index (χ3v) is 5.92. The van der Waals surface area contributed by atoms with Gasteiger partial charge >= 0.3 is 0 Å². The average Bonchev–Trinajstić information content (AvgIpc) is 3.25. The molecule has 10 heteroatoms. The summed E-state index contributed by atoms with van der Waals surface area (Å²) < 4.78 is 39.0. The number of rotatable bonds is 5. The van der Waals surface area contributed by atoms with Gasteiger partial charge in [0.05, 0.1) is 23.5 Å². The molecule has 0 spiro atoms. The van der Waals surface area contributed by atoms with E-state index in [4.69, 9.17) is 9.15 Å². The van der Waals surface area contributed by atoms with Crippen LogP contribution in [-0.4, -0.2) is 55.2 Å². The molecular weight excluding hydrogens is 436 g/mol. The van der Waals surface area contributed by atoms with Gasteiger partial charge in [0, 0.05) is 32.2 Å². The van der Waals surface area contributed by atoms with Gasteiger partial charge < -0.3 is 9.15 Å². The Kier molecular flexibility index (Phi) is 7.07. The molecule has 0 aliphatic carbocycles. The van der Waals surface area contributed by atoms with E-state index in [9.17, 15) is 13.6 Å². The summed E-state index contributed by atoms with van der Waals surface area (Å²) in [5, 5.41) is 0.334. The maximum Gasteiger partial charge on any atom is 0.263 e. The van der Waals surface area contributed by atoms with Crippen LogP contribution in [-0.2, 0) is 4.74 Å². The molecule has 1 aromatic carbocycles. The molecule has 30 heavy (non-hydrogen) atoms. The number of aromatic nitrogens is 1. The second-order valence-corrected chi connectivity index (χ2v) is 7.98. The highest BCUT2D eigenvalue weighted by Gasteiger charge is 2.26. The molecule has 1 aliphatic rings. The molecule has 1 amide bonds. The molecule has 0 bridgehead atoms. The van der Waals surface area contributed by atoms with Gasteiger partial charge in [0.1, 0.15) is 22.9 Å². The Labute approximate surface area is 182 Å². The zero-order chi connectivity index (χ0) is 20.5. The highest BCUT2D eigenvalue weighted by Crippen LogP contribution is 2.32. The van der Waals surface area contributed by atoms with Crippen molar-refractivity contribution in [2.24, 2.45) is 0 Å². The van der Waals surface area contributed by atoms with E-state index in [0.29, 0.717) is 53.2 Å². The summed E-state index contributed by atoms with van der Waals surface area (Å²) in [6, 6.07) is 3.72. The lowest BCUT2D eigenvalue weighted by molar-refractivity contribution is 0.0391.